The highest BCUT2D eigenvalue weighted by molar-refractivity contribution is 7.86. The van der Waals surface area contributed by atoms with Crippen molar-refractivity contribution in [2.24, 2.45) is 10.2 Å². The van der Waals surface area contributed by atoms with Gasteiger partial charge >= 0.3 is 0 Å². The zero-order chi connectivity index (χ0) is 23.3. The molecule has 0 amide bonds. The number of aromatic nitrogens is 2. The fourth-order valence-corrected chi connectivity index (χ4v) is 7.14. The maximum atomic E-state index is 11.8. The largest absolute Gasteiger partial charge is 0.314 e. The minimum absolute atomic E-state index is 0.210. The van der Waals surface area contributed by atoms with Gasteiger partial charge in [-0.25, -0.2) is 0 Å². The highest BCUT2D eigenvalue weighted by Gasteiger charge is 2.20. The number of thiazole rings is 2. The molecule has 4 aromatic rings. The summed E-state index contributed by atoms with van der Waals surface area (Å²) in [6.07, 6.45) is 0. The van der Waals surface area contributed by atoms with Crippen molar-refractivity contribution in [1.82, 2.24) is 9.13 Å². The summed E-state index contributed by atoms with van der Waals surface area (Å²) in [7, 11) is -8.86. The average Bonchev–Trinajstić information content (AvgIpc) is 3.27. The first-order chi connectivity index (χ1) is 15.1. The van der Waals surface area contributed by atoms with Crippen LogP contribution in [0.25, 0.3) is 20.4 Å². The Morgan fingerprint density at radius 3 is 1.44 bits per heavy atom. The van der Waals surface area contributed by atoms with Gasteiger partial charge in [0.2, 0.25) is 9.60 Å². The summed E-state index contributed by atoms with van der Waals surface area (Å²) in [5.74, 6) is 0. The smallest absolute Gasteiger partial charge is 0.296 e. The van der Waals surface area contributed by atoms with Crippen LogP contribution in [0, 0.1) is 0 Å². The van der Waals surface area contributed by atoms with E-state index in [1.807, 2.05) is 13.8 Å². The van der Waals surface area contributed by atoms with Gasteiger partial charge in [-0.2, -0.15) is 16.8 Å². The summed E-state index contributed by atoms with van der Waals surface area (Å²) in [6.45, 7) is 4.40. The van der Waals surface area contributed by atoms with E-state index < -0.39 is 20.2 Å². The summed E-state index contributed by atoms with van der Waals surface area (Å²) in [4.78, 5) is 0.401. The first kappa shape index (κ1) is 22.8. The highest BCUT2D eigenvalue weighted by Crippen LogP contribution is 2.26. The molecule has 32 heavy (non-hydrogen) atoms. The number of para-hydroxylation sites is 2. The van der Waals surface area contributed by atoms with Crippen LogP contribution in [0.5, 0.6) is 0 Å². The Morgan fingerprint density at radius 2 is 1.12 bits per heavy atom. The van der Waals surface area contributed by atoms with Gasteiger partial charge in [0, 0.05) is 13.1 Å². The van der Waals surface area contributed by atoms with Crippen LogP contribution in [-0.4, -0.2) is 35.1 Å². The zero-order valence-corrected chi connectivity index (χ0v) is 20.1. The lowest BCUT2D eigenvalue weighted by molar-refractivity contribution is 0.481. The van der Waals surface area contributed by atoms with E-state index in [-0.39, 0.29) is 9.79 Å². The van der Waals surface area contributed by atoms with Gasteiger partial charge in [-0.15, -0.1) is 10.2 Å². The van der Waals surface area contributed by atoms with E-state index >= 15 is 0 Å². The van der Waals surface area contributed by atoms with E-state index in [0.29, 0.717) is 43.1 Å². The second-order valence-electron chi connectivity index (χ2n) is 6.61. The van der Waals surface area contributed by atoms with E-state index in [1.54, 1.807) is 21.3 Å². The summed E-state index contributed by atoms with van der Waals surface area (Å²) < 4.78 is 71.0. The molecule has 0 fully saturated rings. The Bertz CT molecular complexity index is 1580. The predicted octanol–water partition coefficient (Wildman–Crippen LogP) is 2.67. The van der Waals surface area contributed by atoms with Crippen molar-refractivity contribution in [3.63, 3.8) is 0 Å². The van der Waals surface area contributed by atoms with Crippen LogP contribution in [0.4, 0.5) is 0 Å². The van der Waals surface area contributed by atoms with E-state index in [4.69, 9.17) is 0 Å². The molecular formula is C18H18N4O6S4. The van der Waals surface area contributed by atoms with Gasteiger partial charge in [0.15, 0.2) is 0 Å². The molecule has 0 unspecified atom stereocenters. The second kappa shape index (κ2) is 8.20. The first-order valence-electron chi connectivity index (χ1n) is 9.33. The normalized spacial score (nSPS) is 14.1. The molecular weight excluding hydrogens is 496 g/mol. The van der Waals surface area contributed by atoms with Crippen LogP contribution in [0.3, 0.4) is 0 Å². The van der Waals surface area contributed by atoms with Crippen LogP contribution in [0.1, 0.15) is 13.8 Å². The van der Waals surface area contributed by atoms with Crippen LogP contribution >= 0.6 is 22.7 Å². The Labute approximate surface area is 190 Å². The molecule has 2 heterocycles. The Balaban J connectivity index is 2.04. The molecule has 4 rings (SSSR count). The van der Waals surface area contributed by atoms with Crippen molar-refractivity contribution in [3.8, 4) is 0 Å². The molecule has 14 heteroatoms. The molecule has 0 bridgehead atoms. The Morgan fingerprint density at radius 1 is 0.750 bits per heavy atom. The SMILES string of the molecule is CCn1/c(=N/N=c2/sc3cccc(S(=O)(=O)O)c3n2CC)sc2cccc(S(=O)(=O)O)c21. The molecule has 10 nitrogen and oxygen atoms in total. The van der Waals surface area contributed by atoms with Gasteiger partial charge in [-0.1, -0.05) is 34.8 Å². The van der Waals surface area contributed by atoms with Gasteiger partial charge in [0.1, 0.15) is 9.79 Å². The number of benzene rings is 2. The van der Waals surface area contributed by atoms with Crippen molar-refractivity contribution in [2.45, 2.75) is 36.7 Å². The molecule has 0 aliphatic rings. The summed E-state index contributed by atoms with van der Waals surface area (Å²) in [6, 6.07) is 9.18. The number of fused-ring (bicyclic) bond motifs is 2. The lowest BCUT2D eigenvalue weighted by atomic mass is 10.3. The molecule has 0 aliphatic heterocycles. The van der Waals surface area contributed by atoms with Gasteiger partial charge < -0.3 is 9.13 Å². The molecule has 0 radical (unpaired) electrons. The van der Waals surface area contributed by atoms with E-state index in [9.17, 15) is 25.9 Å². The van der Waals surface area contributed by atoms with Crippen LogP contribution in [0.15, 0.2) is 56.4 Å². The molecule has 2 aromatic carbocycles. The maximum absolute atomic E-state index is 11.8. The van der Waals surface area contributed by atoms with E-state index in [1.165, 1.54) is 46.9 Å². The Hall–Kier alpha value is -2.36. The number of rotatable bonds is 5. The number of hydrogen-bond donors (Lipinski definition) is 2. The first-order valence-corrected chi connectivity index (χ1v) is 13.8. The van der Waals surface area contributed by atoms with Gasteiger partial charge in [0.05, 0.1) is 20.4 Å². The minimum atomic E-state index is -4.43. The fourth-order valence-electron chi connectivity index (χ4n) is 3.44. The fraction of sp³-hybridized carbons (Fsp3) is 0.222. The second-order valence-corrected chi connectivity index (χ2v) is 11.4. The van der Waals surface area contributed by atoms with Gasteiger partial charge in [0.25, 0.3) is 20.2 Å². The average molecular weight is 515 g/mol. The van der Waals surface area contributed by atoms with Crippen molar-refractivity contribution in [2.75, 3.05) is 0 Å². The van der Waals surface area contributed by atoms with Gasteiger partial charge in [-0.05, 0) is 38.1 Å². The molecule has 2 N–H and O–H groups in total. The summed E-state index contributed by atoms with van der Waals surface area (Å²) in [5, 5.41) is 8.62. The van der Waals surface area contributed by atoms with E-state index in [2.05, 4.69) is 10.2 Å². The van der Waals surface area contributed by atoms with Crippen molar-refractivity contribution in [1.29, 1.82) is 0 Å². The van der Waals surface area contributed by atoms with Gasteiger partial charge in [-0.3, -0.25) is 9.11 Å². The van der Waals surface area contributed by atoms with E-state index in [0.717, 1.165) is 0 Å². The minimum Gasteiger partial charge on any atom is -0.314 e. The van der Waals surface area contributed by atoms with Crippen LogP contribution in [0.2, 0.25) is 0 Å². The molecule has 0 saturated carbocycles. The standard InChI is InChI=1S/C18H18N4O6S4/c1-3-21-15-11(7-5-9-13(15)31(23,24)25)29-17(21)19-20-18-22(4-2)16-12(30-18)8-6-10-14(16)32(26,27)28/h5-10H,3-4H2,1-2H3,(H,23,24,25)(H,26,27,28)/b19-17-,20-18+. The van der Waals surface area contributed by atoms with Crippen molar-refractivity contribution < 1.29 is 25.9 Å². The molecule has 2 aromatic heterocycles. The van der Waals surface area contributed by atoms with Crippen LogP contribution in [-0.2, 0) is 33.3 Å². The number of nitrogens with zero attached hydrogens (tertiary/aromatic N) is 4. The molecule has 0 aliphatic carbocycles. The maximum Gasteiger partial charge on any atom is 0.296 e. The quantitative estimate of drug-likeness (QED) is 0.310. The Kier molecular flexibility index (Phi) is 5.85. The topological polar surface area (TPSA) is 143 Å². The third-order valence-corrected chi connectivity index (χ3v) is 8.58. The number of aryl methyl sites for hydroxylation is 2. The lowest BCUT2D eigenvalue weighted by Crippen LogP contribution is -2.17. The molecule has 0 spiro atoms. The summed E-state index contributed by atoms with van der Waals surface area (Å²) >= 11 is 2.42. The number of hydrogen-bond acceptors (Lipinski definition) is 8. The molecule has 0 atom stereocenters. The van der Waals surface area contributed by atoms with Crippen molar-refractivity contribution in [3.05, 3.63) is 46.0 Å². The third kappa shape index (κ3) is 3.93. The molecule has 170 valence electrons. The monoisotopic (exact) mass is 514 g/mol. The van der Waals surface area contributed by atoms with Crippen molar-refractivity contribution >= 4 is 63.3 Å². The highest BCUT2D eigenvalue weighted by atomic mass is 32.2. The lowest BCUT2D eigenvalue weighted by Gasteiger charge is -2.04. The third-order valence-electron chi connectivity index (χ3n) is 4.74. The molecule has 0 saturated heterocycles. The van der Waals surface area contributed by atoms with Crippen LogP contribution < -0.4 is 9.60 Å². The summed E-state index contributed by atoms with van der Waals surface area (Å²) in [5.41, 5.74) is 0.676. The zero-order valence-electron chi connectivity index (χ0n) is 16.8. The predicted molar refractivity (Wildman–Crippen MR) is 122 cm³/mol.